The van der Waals surface area contributed by atoms with Crippen LogP contribution in [-0.2, 0) is 4.79 Å². The highest BCUT2D eigenvalue weighted by atomic mass is 16.4. The van der Waals surface area contributed by atoms with E-state index in [-0.39, 0.29) is 30.8 Å². The fourth-order valence-corrected chi connectivity index (χ4v) is 3.95. The van der Waals surface area contributed by atoms with E-state index in [1.54, 1.807) is 0 Å². The molecule has 0 radical (unpaired) electrons. The normalized spacial score (nSPS) is 32.8. The maximum absolute atomic E-state index is 10.5. The molecule has 130 valence electrons. The Labute approximate surface area is 137 Å². The second kappa shape index (κ2) is 8.08. The Morgan fingerprint density at radius 1 is 1.35 bits per heavy atom. The van der Waals surface area contributed by atoms with Gasteiger partial charge in [0.1, 0.15) is 0 Å². The fraction of sp³-hybridized carbons (Fsp3) is 0.722. The van der Waals surface area contributed by atoms with Crippen LogP contribution in [-0.4, -0.2) is 44.7 Å². The van der Waals surface area contributed by atoms with Gasteiger partial charge >= 0.3 is 5.97 Å². The highest BCUT2D eigenvalue weighted by Crippen LogP contribution is 2.42. The van der Waals surface area contributed by atoms with Crippen molar-refractivity contribution in [1.82, 2.24) is 0 Å². The van der Waals surface area contributed by atoms with Crippen LogP contribution in [0.2, 0.25) is 0 Å². The summed E-state index contributed by atoms with van der Waals surface area (Å²) < 4.78 is 0. The van der Waals surface area contributed by atoms with Gasteiger partial charge in [-0.05, 0) is 49.5 Å². The molecule has 2 aliphatic rings. The van der Waals surface area contributed by atoms with E-state index in [4.69, 9.17) is 5.11 Å². The van der Waals surface area contributed by atoms with Gasteiger partial charge < -0.3 is 20.4 Å². The van der Waals surface area contributed by atoms with E-state index in [0.717, 1.165) is 19.3 Å². The fourth-order valence-electron chi connectivity index (χ4n) is 3.95. The van der Waals surface area contributed by atoms with Crippen molar-refractivity contribution in [2.45, 2.75) is 63.8 Å². The zero-order valence-electron chi connectivity index (χ0n) is 13.6. The summed E-state index contributed by atoms with van der Waals surface area (Å²) in [5.74, 6) is -0.329. The number of aliphatic hydroxyl groups is 3. The van der Waals surface area contributed by atoms with Crippen molar-refractivity contribution in [2.75, 3.05) is 0 Å². The van der Waals surface area contributed by atoms with E-state index in [1.807, 2.05) is 0 Å². The number of aliphatic carboxylic acids is 1. The Hall–Kier alpha value is -1.17. The molecule has 0 aromatic heterocycles. The van der Waals surface area contributed by atoms with Crippen LogP contribution in [0.25, 0.3) is 0 Å². The number of hydrogen-bond acceptors (Lipinski definition) is 4. The lowest BCUT2D eigenvalue weighted by molar-refractivity contribution is -0.139. The van der Waals surface area contributed by atoms with Crippen LogP contribution in [0.15, 0.2) is 23.8 Å². The molecule has 0 saturated heterocycles. The average Bonchev–Trinajstić information content (AvgIpc) is 2.45. The van der Waals surface area contributed by atoms with Crippen molar-refractivity contribution in [3.63, 3.8) is 0 Å². The van der Waals surface area contributed by atoms with Crippen LogP contribution in [0.3, 0.4) is 0 Å². The molecular weight excluding hydrogens is 296 g/mol. The molecule has 0 saturated carbocycles. The molecule has 0 aliphatic heterocycles. The van der Waals surface area contributed by atoms with Crippen LogP contribution >= 0.6 is 0 Å². The van der Waals surface area contributed by atoms with Gasteiger partial charge in [-0.25, -0.2) is 0 Å². The molecule has 0 fully saturated rings. The Bertz CT molecular complexity index is 470. The summed E-state index contributed by atoms with van der Waals surface area (Å²) in [5.41, 5.74) is 1.20. The molecule has 0 amide bonds. The minimum atomic E-state index is -1.06. The van der Waals surface area contributed by atoms with Gasteiger partial charge in [-0.2, -0.15) is 0 Å². The van der Waals surface area contributed by atoms with Gasteiger partial charge in [0.05, 0.1) is 24.7 Å². The van der Waals surface area contributed by atoms with Gasteiger partial charge in [0, 0.05) is 5.92 Å². The molecule has 0 aromatic carbocycles. The van der Waals surface area contributed by atoms with E-state index < -0.39 is 18.2 Å². The molecule has 23 heavy (non-hydrogen) atoms. The maximum atomic E-state index is 10.5. The van der Waals surface area contributed by atoms with E-state index in [1.165, 1.54) is 5.57 Å². The summed E-state index contributed by atoms with van der Waals surface area (Å²) in [6.45, 7) is 2.13. The first kappa shape index (κ1) is 18.2. The molecule has 0 unspecified atom stereocenters. The number of fused-ring (bicyclic) bond motifs is 1. The van der Waals surface area contributed by atoms with Gasteiger partial charge in [0.25, 0.3) is 0 Å². The number of carbonyl (C=O) groups is 1. The first-order valence-electron chi connectivity index (χ1n) is 8.52. The van der Waals surface area contributed by atoms with E-state index >= 15 is 0 Å². The molecule has 2 aliphatic carbocycles. The van der Waals surface area contributed by atoms with E-state index in [0.29, 0.717) is 12.3 Å². The zero-order chi connectivity index (χ0) is 17.0. The summed E-state index contributed by atoms with van der Waals surface area (Å²) in [5, 5.41) is 38.7. The van der Waals surface area contributed by atoms with Crippen LogP contribution < -0.4 is 0 Å². The van der Waals surface area contributed by atoms with Crippen molar-refractivity contribution < 1.29 is 25.2 Å². The number of carboxylic acid groups (broad SMARTS) is 1. The molecule has 0 heterocycles. The van der Waals surface area contributed by atoms with Crippen molar-refractivity contribution in [1.29, 1.82) is 0 Å². The van der Waals surface area contributed by atoms with Gasteiger partial charge in [0.15, 0.2) is 0 Å². The van der Waals surface area contributed by atoms with Crippen molar-refractivity contribution in [3.8, 4) is 0 Å². The third-order valence-electron chi connectivity index (χ3n) is 5.16. The topological polar surface area (TPSA) is 98.0 Å². The summed E-state index contributed by atoms with van der Waals surface area (Å²) in [7, 11) is 0. The van der Waals surface area contributed by atoms with Crippen LogP contribution in [0.5, 0.6) is 0 Å². The van der Waals surface area contributed by atoms with Crippen LogP contribution in [0, 0.1) is 17.8 Å². The highest BCUT2D eigenvalue weighted by Gasteiger charge is 2.37. The highest BCUT2D eigenvalue weighted by molar-refractivity contribution is 5.67. The molecule has 2 rings (SSSR count). The third kappa shape index (κ3) is 4.90. The van der Waals surface area contributed by atoms with Crippen molar-refractivity contribution in [3.05, 3.63) is 23.8 Å². The van der Waals surface area contributed by atoms with Crippen LogP contribution in [0.1, 0.15) is 45.4 Å². The summed E-state index contributed by atoms with van der Waals surface area (Å²) in [6, 6.07) is 0. The lowest BCUT2D eigenvalue weighted by atomic mass is 9.66. The Kier molecular flexibility index (Phi) is 6.39. The first-order valence-corrected chi connectivity index (χ1v) is 8.52. The van der Waals surface area contributed by atoms with Crippen molar-refractivity contribution >= 4 is 5.97 Å². The molecule has 6 atom stereocenters. The Balaban J connectivity index is 1.90. The van der Waals surface area contributed by atoms with Gasteiger partial charge in [-0.3, -0.25) is 4.79 Å². The van der Waals surface area contributed by atoms with Gasteiger partial charge in [-0.1, -0.05) is 25.2 Å². The molecule has 5 heteroatoms. The van der Waals surface area contributed by atoms with Crippen molar-refractivity contribution in [2.24, 2.45) is 17.8 Å². The maximum Gasteiger partial charge on any atom is 0.305 e. The summed E-state index contributed by atoms with van der Waals surface area (Å²) >= 11 is 0. The number of allylic oxidation sites excluding steroid dienone is 3. The van der Waals surface area contributed by atoms with Crippen LogP contribution in [0.4, 0.5) is 0 Å². The second-order valence-electron chi connectivity index (χ2n) is 6.98. The molecule has 0 bridgehead atoms. The van der Waals surface area contributed by atoms with Gasteiger partial charge in [0.2, 0.25) is 0 Å². The largest absolute Gasteiger partial charge is 0.481 e. The van der Waals surface area contributed by atoms with E-state index in [9.17, 15) is 20.1 Å². The molecule has 4 N–H and O–H groups in total. The smallest absolute Gasteiger partial charge is 0.305 e. The Morgan fingerprint density at radius 2 is 2.09 bits per heavy atom. The summed E-state index contributed by atoms with van der Waals surface area (Å²) in [6.07, 6.45) is 7.11. The number of aliphatic hydroxyl groups excluding tert-OH is 3. The second-order valence-corrected chi connectivity index (χ2v) is 6.98. The lowest BCUT2D eigenvalue weighted by Crippen LogP contribution is -2.37. The number of carboxylic acids is 1. The predicted molar refractivity (Wildman–Crippen MR) is 86.7 cm³/mol. The quantitative estimate of drug-likeness (QED) is 0.573. The first-order chi connectivity index (χ1) is 10.9. The standard InChI is InChI=1S/C18H28O5/c1-11-5-6-12-3-2-4-16(21)18(12)15(11)8-7-13(19)9-14(20)10-17(22)23/h3,5-6,11,13-16,18-21H,2,4,7-10H2,1H3,(H,22,23)/t11-,13+,14+,15-,16-,18-/m0/s1. The average molecular weight is 324 g/mol. The summed E-state index contributed by atoms with van der Waals surface area (Å²) in [4.78, 5) is 10.5. The molecule has 0 spiro atoms. The monoisotopic (exact) mass is 324 g/mol. The number of hydrogen-bond donors (Lipinski definition) is 4. The molecule has 0 aromatic rings. The Morgan fingerprint density at radius 3 is 2.78 bits per heavy atom. The minimum absolute atomic E-state index is 0.0825. The lowest BCUT2D eigenvalue weighted by Gasteiger charge is -2.40. The molecule has 5 nitrogen and oxygen atoms in total. The van der Waals surface area contributed by atoms with E-state index in [2.05, 4.69) is 25.2 Å². The zero-order valence-corrected chi connectivity index (χ0v) is 13.6. The SMILES string of the molecule is C[C@H]1C=CC2=CCC[C@H](O)[C@@H]2[C@H]1CC[C@@H](O)C[C@@H](O)CC(=O)O. The molecular formula is C18H28O5. The number of rotatable bonds is 7. The third-order valence-corrected chi connectivity index (χ3v) is 5.16. The predicted octanol–water partition coefficient (Wildman–Crippen LogP) is 1.87. The minimum Gasteiger partial charge on any atom is -0.481 e. The van der Waals surface area contributed by atoms with Gasteiger partial charge in [-0.15, -0.1) is 0 Å².